The van der Waals surface area contributed by atoms with E-state index >= 15 is 0 Å². The smallest absolute Gasteiger partial charge is 0.306 e. The maximum atomic E-state index is 10.7. The van der Waals surface area contributed by atoms with Crippen LogP contribution in [0, 0.1) is 13.8 Å². The first-order chi connectivity index (χ1) is 9.04. The van der Waals surface area contributed by atoms with E-state index in [1.165, 1.54) is 16.7 Å². The van der Waals surface area contributed by atoms with E-state index in [0.29, 0.717) is 13.2 Å². The lowest BCUT2D eigenvalue weighted by atomic mass is 10.1. The number of carboxylic acids is 1. The van der Waals surface area contributed by atoms with Gasteiger partial charge in [-0.2, -0.15) is 0 Å². The lowest BCUT2D eigenvalue weighted by molar-refractivity contribution is -0.142. The summed E-state index contributed by atoms with van der Waals surface area (Å²) in [5, 5.41) is 8.81. The Hall–Kier alpha value is -1.39. The number of carbonyl (C=O) groups is 1. The van der Waals surface area contributed by atoms with Gasteiger partial charge in [-0.15, -0.1) is 0 Å². The molecule has 1 atom stereocenters. The summed E-state index contributed by atoms with van der Waals surface area (Å²) in [6.45, 7) is 7.26. The van der Waals surface area contributed by atoms with Crippen molar-refractivity contribution < 1.29 is 14.6 Å². The molecule has 1 aromatic rings. The highest BCUT2D eigenvalue weighted by atomic mass is 16.5. The molecule has 1 saturated heterocycles. The molecule has 1 heterocycles. The first-order valence-electron chi connectivity index (χ1n) is 6.66. The fourth-order valence-corrected chi connectivity index (χ4v) is 2.40. The minimum Gasteiger partial charge on any atom is -0.481 e. The molecule has 104 valence electrons. The van der Waals surface area contributed by atoms with Crippen LogP contribution in [-0.2, 0) is 16.1 Å². The molecule has 0 spiro atoms. The molecule has 1 aliphatic rings. The van der Waals surface area contributed by atoms with Crippen LogP contribution in [-0.4, -0.2) is 41.8 Å². The van der Waals surface area contributed by atoms with Gasteiger partial charge in [0.25, 0.3) is 0 Å². The Labute approximate surface area is 114 Å². The van der Waals surface area contributed by atoms with Gasteiger partial charge in [0.1, 0.15) is 0 Å². The van der Waals surface area contributed by atoms with Crippen LogP contribution in [0.3, 0.4) is 0 Å². The average Bonchev–Trinajstić information content (AvgIpc) is 2.33. The number of benzene rings is 1. The summed E-state index contributed by atoms with van der Waals surface area (Å²) in [6.07, 6.45) is -0.0959. The predicted molar refractivity (Wildman–Crippen MR) is 73.2 cm³/mol. The van der Waals surface area contributed by atoms with Gasteiger partial charge in [0.2, 0.25) is 0 Å². The number of morpholine rings is 1. The average molecular weight is 263 g/mol. The number of carboxylic acid groups (broad SMARTS) is 1. The molecule has 0 saturated carbocycles. The first kappa shape index (κ1) is 14.0. The van der Waals surface area contributed by atoms with Gasteiger partial charge in [0.05, 0.1) is 19.1 Å². The molecule has 0 bridgehead atoms. The molecule has 19 heavy (non-hydrogen) atoms. The molecule has 0 amide bonds. The summed E-state index contributed by atoms with van der Waals surface area (Å²) in [7, 11) is 0. The molecule has 4 nitrogen and oxygen atoms in total. The Morgan fingerprint density at radius 3 is 2.89 bits per heavy atom. The van der Waals surface area contributed by atoms with Crippen molar-refractivity contribution in [3.8, 4) is 0 Å². The Bertz CT molecular complexity index is 459. The molecule has 1 aromatic carbocycles. The van der Waals surface area contributed by atoms with Gasteiger partial charge in [-0.1, -0.05) is 18.2 Å². The van der Waals surface area contributed by atoms with Gasteiger partial charge < -0.3 is 9.84 Å². The maximum absolute atomic E-state index is 10.7. The van der Waals surface area contributed by atoms with E-state index in [2.05, 4.69) is 36.9 Å². The molecular weight excluding hydrogens is 242 g/mol. The highest BCUT2D eigenvalue weighted by Crippen LogP contribution is 2.15. The van der Waals surface area contributed by atoms with Crippen molar-refractivity contribution in [2.45, 2.75) is 32.9 Å². The van der Waals surface area contributed by atoms with Crippen LogP contribution in [0.25, 0.3) is 0 Å². The van der Waals surface area contributed by atoms with E-state index in [-0.39, 0.29) is 12.5 Å². The highest BCUT2D eigenvalue weighted by molar-refractivity contribution is 5.67. The van der Waals surface area contributed by atoms with Crippen molar-refractivity contribution in [3.63, 3.8) is 0 Å². The Balaban J connectivity index is 1.94. The third-order valence-corrected chi connectivity index (χ3v) is 3.60. The molecule has 0 aliphatic carbocycles. The molecule has 1 unspecified atom stereocenters. The van der Waals surface area contributed by atoms with E-state index in [1.54, 1.807) is 0 Å². The monoisotopic (exact) mass is 263 g/mol. The van der Waals surface area contributed by atoms with Crippen LogP contribution in [0.2, 0.25) is 0 Å². The fourth-order valence-electron chi connectivity index (χ4n) is 2.40. The lowest BCUT2D eigenvalue weighted by Gasteiger charge is -2.32. The molecule has 1 fully saturated rings. The quantitative estimate of drug-likeness (QED) is 0.902. The predicted octanol–water partition coefficient (Wildman–Crippen LogP) is 1.98. The molecule has 0 aromatic heterocycles. The van der Waals surface area contributed by atoms with E-state index in [0.717, 1.165) is 13.1 Å². The number of rotatable bonds is 4. The van der Waals surface area contributed by atoms with Gasteiger partial charge in [0.15, 0.2) is 0 Å². The minimum atomic E-state index is -0.793. The minimum absolute atomic E-state index is 0.0867. The third-order valence-electron chi connectivity index (χ3n) is 3.60. The van der Waals surface area contributed by atoms with E-state index in [9.17, 15) is 4.79 Å². The first-order valence-corrected chi connectivity index (χ1v) is 6.66. The van der Waals surface area contributed by atoms with Crippen LogP contribution >= 0.6 is 0 Å². The molecule has 1 N–H and O–H groups in total. The zero-order chi connectivity index (χ0) is 13.8. The number of aliphatic carboxylic acids is 1. The third kappa shape index (κ3) is 4.04. The maximum Gasteiger partial charge on any atom is 0.306 e. The van der Waals surface area contributed by atoms with Crippen molar-refractivity contribution in [1.82, 2.24) is 4.90 Å². The summed E-state index contributed by atoms with van der Waals surface area (Å²) >= 11 is 0. The second-order valence-electron chi connectivity index (χ2n) is 5.24. The summed E-state index contributed by atoms with van der Waals surface area (Å²) in [5.41, 5.74) is 3.88. The molecular formula is C15H21NO3. The Morgan fingerprint density at radius 1 is 1.42 bits per heavy atom. The molecule has 2 rings (SSSR count). The van der Waals surface area contributed by atoms with Gasteiger partial charge in [-0.3, -0.25) is 9.69 Å². The van der Waals surface area contributed by atoms with E-state index < -0.39 is 5.97 Å². The van der Waals surface area contributed by atoms with Gasteiger partial charge in [-0.05, 0) is 30.5 Å². The van der Waals surface area contributed by atoms with Crippen molar-refractivity contribution in [1.29, 1.82) is 0 Å². The number of nitrogens with zero attached hydrogens (tertiary/aromatic N) is 1. The molecule has 1 aliphatic heterocycles. The van der Waals surface area contributed by atoms with Crippen molar-refractivity contribution in [2.24, 2.45) is 0 Å². The van der Waals surface area contributed by atoms with Crippen LogP contribution in [0.4, 0.5) is 0 Å². The second kappa shape index (κ2) is 6.17. The summed E-state index contributed by atoms with van der Waals surface area (Å²) in [4.78, 5) is 13.0. The largest absolute Gasteiger partial charge is 0.481 e. The Morgan fingerprint density at radius 2 is 2.21 bits per heavy atom. The van der Waals surface area contributed by atoms with E-state index in [4.69, 9.17) is 9.84 Å². The number of hydrogen-bond acceptors (Lipinski definition) is 3. The summed E-state index contributed by atoms with van der Waals surface area (Å²) < 4.78 is 5.48. The highest BCUT2D eigenvalue weighted by Gasteiger charge is 2.22. The standard InChI is InChI=1S/C15H21NO3/c1-11-3-4-13(7-12(11)2)9-16-5-6-19-14(10-16)8-15(17)18/h3-4,7,14H,5-6,8-10H2,1-2H3,(H,17,18). The van der Waals surface area contributed by atoms with Crippen molar-refractivity contribution in [2.75, 3.05) is 19.7 Å². The molecule has 4 heteroatoms. The van der Waals surface area contributed by atoms with Crippen LogP contribution in [0.1, 0.15) is 23.1 Å². The van der Waals surface area contributed by atoms with Gasteiger partial charge in [0, 0.05) is 19.6 Å². The van der Waals surface area contributed by atoms with Crippen molar-refractivity contribution in [3.05, 3.63) is 34.9 Å². The topological polar surface area (TPSA) is 49.8 Å². The zero-order valence-corrected chi connectivity index (χ0v) is 11.6. The lowest BCUT2D eigenvalue weighted by Crippen LogP contribution is -2.42. The van der Waals surface area contributed by atoms with Gasteiger partial charge >= 0.3 is 5.97 Å². The molecule has 0 radical (unpaired) electrons. The Kier molecular flexibility index (Phi) is 4.56. The second-order valence-corrected chi connectivity index (χ2v) is 5.24. The van der Waals surface area contributed by atoms with Gasteiger partial charge in [-0.25, -0.2) is 0 Å². The number of aryl methyl sites for hydroxylation is 2. The SMILES string of the molecule is Cc1ccc(CN2CCOC(CC(=O)O)C2)cc1C. The van der Waals surface area contributed by atoms with Crippen molar-refractivity contribution >= 4 is 5.97 Å². The zero-order valence-electron chi connectivity index (χ0n) is 11.6. The van der Waals surface area contributed by atoms with E-state index in [1.807, 2.05) is 0 Å². The van der Waals surface area contributed by atoms with Crippen LogP contribution in [0.5, 0.6) is 0 Å². The number of hydrogen-bond donors (Lipinski definition) is 1. The number of ether oxygens (including phenoxy) is 1. The normalized spacial score (nSPS) is 20.4. The van der Waals surface area contributed by atoms with Crippen LogP contribution < -0.4 is 0 Å². The summed E-state index contributed by atoms with van der Waals surface area (Å²) in [5.74, 6) is -0.793. The van der Waals surface area contributed by atoms with Crippen LogP contribution in [0.15, 0.2) is 18.2 Å². The summed E-state index contributed by atoms with van der Waals surface area (Å²) in [6, 6.07) is 6.49. The fraction of sp³-hybridized carbons (Fsp3) is 0.533.